The second-order valence-electron chi connectivity index (χ2n) is 2.57. The first-order valence-corrected chi connectivity index (χ1v) is 3.75. The van der Waals surface area contributed by atoms with Gasteiger partial charge in [-0.15, -0.1) is 0 Å². The van der Waals surface area contributed by atoms with E-state index in [1.54, 1.807) is 31.2 Å². The van der Waals surface area contributed by atoms with Gasteiger partial charge in [-0.2, -0.15) is 5.10 Å². The third-order valence-corrected chi connectivity index (χ3v) is 1.56. The molecule has 0 bridgehead atoms. The van der Waals surface area contributed by atoms with E-state index in [4.69, 9.17) is 4.74 Å². The van der Waals surface area contributed by atoms with Crippen molar-refractivity contribution in [1.82, 2.24) is 9.78 Å². The minimum atomic E-state index is 0.0740. The van der Waals surface area contributed by atoms with Crippen LogP contribution in [0.15, 0.2) is 12.4 Å². The molecule has 0 saturated heterocycles. The summed E-state index contributed by atoms with van der Waals surface area (Å²) in [7, 11) is 3.36. The van der Waals surface area contributed by atoms with E-state index in [0.29, 0.717) is 18.6 Å². The van der Waals surface area contributed by atoms with E-state index >= 15 is 0 Å². The van der Waals surface area contributed by atoms with Crippen LogP contribution in [0.5, 0.6) is 0 Å². The molecule has 4 nitrogen and oxygen atoms in total. The zero-order chi connectivity index (χ0) is 8.97. The molecule has 1 rings (SSSR count). The maximum absolute atomic E-state index is 11.3. The van der Waals surface area contributed by atoms with Gasteiger partial charge in [0, 0.05) is 26.8 Å². The molecule has 12 heavy (non-hydrogen) atoms. The average Bonchev–Trinajstić information content (AvgIpc) is 2.47. The zero-order valence-electron chi connectivity index (χ0n) is 7.28. The maximum Gasteiger partial charge on any atom is 0.168 e. The predicted molar refractivity (Wildman–Crippen MR) is 44.0 cm³/mol. The lowest BCUT2D eigenvalue weighted by Crippen LogP contribution is -2.01. The van der Waals surface area contributed by atoms with E-state index in [2.05, 4.69) is 5.10 Å². The Bertz CT molecular complexity index is 268. The lowest BCUT2D eigenvalue weighted by molar-refractivity contribution is 0.0932. The van der Waals surface area contributed by atoms with Crippen LogP contribution in [0, 0.1) is 0 Å². The minimum Gasteiger partial charge on any atom is -0.384 e. The number of methoxy groups -OCH3 is 1. The van der Waals surface area contributed by atoms with Crippen molar-refractivity contribution in [3.05, 3.63) is 18.0 Å². The first-order chi connectivity index (χ1) is 5.74. The molecule has 0 aliphatic heterocycles. The number of hydrogen-bond donors (Lipinski definition) is 0. The van der Waals surface area contributed by atoms with Crippen molar-refractivity contribution in [2.45, 2.75) is 6.42 Å². The number of rotatable bonds is 4. The molecule has 1 heterocycles. The lowest BCUT2D eigenvalue weighted by atomic mass is 10.2. The Hall–Kier alpha value is -1.16. The fourth-order valence-corrected chi connectivity index (χ4v) is 0.904. The van der Waals surface area contributed by atoms with E-state index < -0.39 is 0 Å². The van der Waals surface area contributed by atoms with Crippen LogP contribution in [0.4, 0.5) is 0 Å². The molecule has 0 spiro atoms. The number of ketones is 1. The highest BCUT2D eigenvalue weighted by atomic mass is 16.5. The molecule has 0 radical (unpaired) electrons. The molecule has 66 valence electrons. The molecule has 0 aliphatic carbocycles. The van der Waals surface area contributed by atoms with E-state index in [1.165, 1.54) is 0 Å². The summed E-state index contributed by atoms with van der Waals surface area (Å²) in [6.07, 6.45) is 3.69. The van der Waals surface area contributed by atoms with Crippen LogP contribution in [0.25, 0.3) is 0 Å². The number of Topliss-reactive ketones (excluding diaryl/α,β-unsaturated/α-hetero) is 1. The number of ether oxygens (including phenoxy) is 1. The van der Waals surface area contributed by atoms with Gasteiger partial charge < -0.3 is 4.74 Å². The zero-order valence-corrected chi connectivity index (χ0v) is 7.28. The van der Waals surface area contributed by atoms with Gasteiger partial charge in [0.25, 0.3) is 0 Å². The Kier molecular flexibility index (Phi) is 2.99. The Morgan fingerprint density at radius 2 is 2.50 bits per heavy atom. The standard InChI is InChI=1S/C8H12N2O2/c1-10-6-7(5-9-10)8(11)3-4-12-2/h5-6H,3-4H2,1-2H3. The average molecular weight is 168 g/mol. The number of nitrogens with zero attached hydrogens (tertiary/aromatic N) is 2. The van der Waals surface area contributed by atoms with Gasteiger partial charge in [-0.3, -0.25) is 9.48 Å². The third kappa shape index (κ3) is 2.17. The summed E-state index contributed by atoms with van der Waals surface area (Å²) in [6, 6.07) is 0. The van der Waals surface area contributed by atoms with Gasteiger partial charge >= 0.3 is 0 Å². The van der Waals surface area contributed by atoms with Gasteiger partial charge in [-0.05, 0) is 0 Å². The van der Waals surface area contributed by atoms with Crippen LogP contribution in [-0.2, 0) is 11.8 Å². The molecular weight excluding hydrogens is 156 g/mol. The number of carbonyl (C=O) groups is 1. The Morgan fingerprint density at radius 1 is 1.75 bits per heavy atom. The molecule has 1 aromatic rings. The van der Waals surface area contributed by atoms with Crippen LogP contribution in [0.2, 0.25) is 0 Å². The maximum atomic E-state index is 11.3. The first-order valence-electron chi connectivity index (χ1n) is 3.75. The highest BCUT2D eigenvalue weighted by Crippen LogP contribution is 2.00. The largest absolute Gasteiger partial charge is 0.384 e. The van der Waals surface area contributed by atoms with Crippen molar-refractivity contribution in [3.63, 3.8) is 0 Å². The van der Waals surface area contributed by atoms with E-state index in [-0.39, 0.29) is 5.78 Å². The van der Waals surface area contributed by atoms with Gasteiger partial charge in [0.1, 0.15) is 0 Å². The third-order valence-electron chi connectivity index (χ3n) is 1.56. The van der Waals surface area contributed by atoms with Crippen molar-refractivity contribution >= 4 is 5.78 Å². The molecule has 0 saturated carbocycles. The minimum absolute atomic E-state index is 0.0740. The summed E-state index contributed by atoms with van der Waals surface area (Å²) in [6.45, 7) is 0.466. The summed E-state index contributed by atoms with van der Waals surface area (Å²) < 4.78 is 6.40. The molecule has 0 atom stereocenters. The Labute approximate surface area is 71.1 Å². The number of aryl methyl sites for hydroxylation is 1. The van der Waals surface area contributed by atoms with Gasteiger partial charge in [0.05, 0.1) is 18.4 Å². The predicted octanol–water partition coefficient (Wildman–Crippen LogP) is 0.639. The van der Waals surface area contributed by atoms with Gasteiger partial charge in [0.15, 0.2) is 5.78 Å². The number of carbonyl (C=O) groups excluding carboxylic acids is 1. The summed E-state index contributed by atoms with van der Waals surface area (Å²) in [5.41, 5.74) is 0.648. The monoisotopic (exact) mass is 168 g/mol. The van der Waals surface area contributed by atoms with Crippen LogP contribution < -0.4 is 0 Å². The molecule has 0 N–H and O–H groups in total. The van der Waals surface area contributed by atoms with E-state index in [9.17, 15) is 4.79 Å². The van der Waals surface area contributed by atoms with Crippen molar-refractivity contribution in [3.8, 4) is 0 Å². The number of hydrogen-bond acceptors (Lipinski definition) is 3. The van der Waals surface area contributed by atoms with Crippen LogP contribution in [0.3, 0.4) is 0 Å². The highest BCUT2D eigenvalue weighted by Gasteiger charge is 2.06. The van der Waals surface area contributed by atoms with Crippen molar-refractivity contribution in [1.29, 1.82) is 0 Å². The van der Waals surface area contributed by atoms with Crippen molar-refractivity contribution in [2.24, 2.45) is 7.05 Å². The number of aromatic nitrogens is 2. The van der Waals surface area contributed by atoms with Crippen LogP contribution in [-0.4, -0.2) is 29.3 Å². The van der Waals surface area contributed by atoms with Crippen molar-refractivity contribution in [2.75, 3.05) is 13.7 Å². The quantitative estimate of drug-likeness (QED) is 0.620. The molecule has 0 aliphatic rings. The lowest BCUT2D eigenvalue weighted by Gasteiger charge is -1.94. The molecule has 4 heteroatoms. The van der Waals surface area contributed by atoms with Crippen LogP contribution in [0.1, 0.15) is 16.8 Å². The summed E-state index contributed by atoms with van der Waals surface area (Å²) in [4.78, 5) is 11.3. The van der Waals surface area contributed by atoms with Gasteiger partial charge in [0.2, 0.25) is 0 Å². The SMILES string of the molecule is COCCC(=O)c1cnn(C)c1. The second kappa shape index (κ2) is 4.01. The second-order valence-corrected chi connectivity index (χ2v) is 2.57. The smallest absolute Gasteiger partial charge is 0.168 e. The van der Waals surface area contributed by atoms with Gasteiger partial charge in [-0.25, -0.2) is 0 Å². The molecule has 1 aromatic heterocycles. The molecular formula is C8H12N2O2. The van der Waals surface area contributed by atoms with Crippen LogP contribution >= 0.6 is 0 Å². The molecule has 0 fully saturated rings. The highest BCUT2D eigenvalue weighted by molar-refractivity contribution is 5.95. The van der Waals surface area contributed by atoms with Gasteiger partial charge in [-0.1, -0.05) is 0 Å². The summed E-state index contributed by atoms with van der Waals surface area (Å²) in [5.74, 6) is 0.0740. The molecule has 0 unspecified atom stereocenters. The van der Waals surface area contributed by atoms with E-state index in [0.717, 1.165) is 0 Å². The van der Waals surface area contributed by atoms with Crippen molar-refractivity contribution < 1.29 is 9.53 Å². The molecule has 0 amide bonds. The Morgan fingerprint density at radius 3 is 3.00 bits per heavy atom. The Balaban J connectivity index is 2.53. The van der Waals surface area contributed by atoms with E-state index in [1.807, 2.05) is 0 Å². The topological polar surface area (TPSA) is 44.1 Å². The first kappa shape index (κ1) is 8.93. The summed E-state index contributed by atoms with van der Waals surface area (Å²) in [5, 5.41) is 3.90. The fourth-order valence-electron chi connectivity index (χ4n) is 0.904. The molecule has 0 aromatic carbocycles. The fraction of sp³-hybridized carbons (Fsp3) is 0.500. The normalized spacial score (nSPS) is 10.2. The summed E-state index contributed by atoms with van der Waals surface area (Å²) >= 11 is 0.